The van der Waals surface area contributed by atoms with Crippen LogP contribution >= 0.6 is 22.7 Å². The summed E-state index contributed by atoms with van der Waals surface area (Å²) in [4.78, 5) is 21.5. The summed E-state index contributed by atoms with van der Waals surface area (Å²) in [5.74, 6) is -0.610. The smallest absolute Gasteiger partial charge is 0.416 e. The molecule has 0 spiro atoms. The number of hydrogen-bond donors (Lipinski definition) is 1. The summed E-state index contributed by atoms with van der Waals surface area (Å²) in [5, 5.41) is 10.8. The van der Waals surface area contributed by atoms with Gasteiger partial charge in [0.05, 0.1) is 26.5 Å². The number of carboxylic acid groups (broad SMARTS) is 1. The SMILES string of the molecule is Cc1nc(-c2ccc(C(F)(F)F)cc2)sc1Cc1nc2ccc(OC(C)(C)C(=O)O)cc2s1. The van der Waals surface area contributed by atoms with Crippen molar-refractivity contribution in [2.75, 3.05) is 0 Å². The van der Waals surface area contributed by atoms with Crippen LogP contribution in [0.1, 0.15) is 35.0 Å². The van der Waals surface area contributed by atoms with Gasteiger partial charge in [0.1, 0.15) is 10.8 Å². The lowest BCUT2D eigenvalue weighted by Crippen LogP contribution is -2.37. The van der Waals surface area contributed by atoms with Crippen LogP contribution in [0.3, 0.4) is 0 Å². The number of ether oxygens (including phenoxy) is 1. The normalized spacial score (nSPS) is 12.3. The monoisotopic (exact) mass is 492 g/mol. The molecule has 5 nitrogen and oxygen atoms in total. The summed E-state index contributed by atoms with van der Waals surface area (Å²) in [5.41, 5.74) is 0.177. The van der Waals surface area contributed by atoms with Crippen LogP contribution in [0.4, 0.5) is 13.2 Å². The molecule has 0 radical (unpaired) electrons. The maximum atomic E-state index is 12.8. The fourth-order valence-electron chi connectivity index (χ4n) is 3.08. The number of benzene rings is 2. The van der Waals surface area contributed by atoms with Crippen LogP contribution in [0.5, 0.6) is 5.75 Å². The van der Waals surface area contributed by atoms with Crippen LogP contribution in [-0.4, -0.2) is 26.6 Å². The van der Waals surface area contributed by atoms with E-state index in [2.05, 4.69) is 9.97 Å². The van der Waals surface area contributed by atoms with Crippen molar-refractivity contribution in [3.05, 3.63) is 63.6 Å². The van der Waals surface area contributed by atoms with Gasteiger partial charge in [-0.05, 0) is 51.1 Å². The lowest BCUT2D eigenvalue weighted by Gasteiger charge is -2.21. The second kappa shape index (κ2) is 8.42. The third-order valence-electron chi connectivity index (χ3n) is 4.96. The van der Waals surface area contributed by atoms with Crippen LogP contribution in [0.15, 0.2) is 42.5 Å². The van der Waals surface area contributed by atoms with E-state index in [1.54, 1.807) is 18.2 Å². The van der Waals surface area contributed by atoms with Crippen molar-refractivity contribution in [3.8, 4) is 16.3 Å². The molecule has 10 heteroatoms. The molecule has 172 valence electrons. The third-order valence-corrected chi connectivity index (χ3v) is 7.18. The number of thiazole rings is 2. The molecule has 0 saturated carbocycles. The number of aromatic nitrogens is 2. The van der Waals surface area contributed by atoms with E-state index in [0.717, 1.165) is 37.9 Å². The molecule has 0 bridgehead atoms. The van der Waals surface area contributed by atoms with Gasteiger partial charge in [-0.2, -0.15) is 13.2 Å². The Balaban J connectivity index is 1.55. The molecular weight excluding hydrogens is 473 g/mol. The van der Waals surface area contributed by atoms with Gasteiger partial charge in [-0.15, -0.1) is 22.7 Å². The van der Waals surface area contributed by atoms with Gasteiger partial charge in [0.15, 0.2) is 5.60 Å². The fraction of sp³-hybridized carbons (Fsp3) is 0.261. The zero-order valence-electron chi connectivity index (χ0n) is 17.9. The molecule has 0 amide bonds. The molecule has 0 aliphatic rings. The van der Waals surface area contributed by atoms with Crippen LogP contribution in [-0.2, 0) is 17.4 Å². The zero-order valence-corrected chi connectivity index (χ0v) is 19.5. The molecule has 4 aromatic rings. The van der Waals surface area contributed by atoms with Crippen molar-refractivity contribution in [1.29, 1.82) is 0 Å². The maximum absolute atomic E-state index is 12.8. The van der Waals surface area contributed by atoms with E-state index in [0.29, 0.717) is 22.7 Å². The lowest BCUT2D eigenvalue weighted by molar-refractivity contribution is -0.152. The highest BCUT2D eigenvalue weighted by molar-refractivity contribution is 7.19. The summed E-state index contributed by atoms with van der Waals surface area (Å²) < 4.78 is 44.9. The number of nitrogens with zero attached hydrogens (tertiary/aromatic N) is 2. The number of aryl methyl sites for hydroxylation is 1. The highest BCUT2D eigenvalue weighted by Gasteiger charge is 2.30. The Morgan fingerprint density at radius 1 is 1.06 bits per heavy atom. The van der Waals surface area contributed by atoms with Crippen molar-refractivity contribution in [2.45, 2.75) is 39.0 Å². The molecule has 0 aliphatic heterocycles. The van der Waals surface area contributed by atoms with Gasteiger partial charge in [-0.1, -0.05) is 12.1 Å². The molecule has 2 aromatic heterocycles. The number of rotatable bonds is 6. The Kier molecular flexibility index (Phi) is 5.92. The second-order valence-electron chi connectivity index (χ2n) is 7.93. The van der Waals surface area contributed by atoms with Crippen molar-refractivity contribution < 1.29 is 27.8 Å². The molecule has 0 unspecified atom stereocenters. The quantitative estimate of drug-likeness (QED) is 0.329. The van der Waals surface area contributed by atoms with E-state index >= 15 is 0 Å². The highest BCUT2D eigenvalue weighted by atomic mass is 32.1. The van der Waals surface area contributed by atoms with Gasteiger partial charge in [0.25, 0.3) is 0 Å². The molecule has 0 atom stereocenters. The second-order valence-corrected chi connectivity index (χ2v) is 10.1. The van der Waals surface area contributed by atoms with Crippen LogP contribution in [0.25, 0.3) is 20.8 Å². The topological polar surface area (TPSA) is 72.3 Å². The van der Waals surface area contributed by atoms with Crippen molar-refractivity contribution in [1.82, 2.24) is 9.97 Å². The van der Waals surface area contributed by atoms with Gasteiger partial charge in [0.2, 0.25) is 0 Å². The predicted molar refractivity (Wildman–Crippen MR) is 122 cm³/mol. The molecule has 0 fully saturated rings. The number of halogens is 3. The predicted octanol–water partition coefficient (Wildman–Crippen LogP) is 6.58. The third kappa shape index (κ3) is 5.01. The average Bonchev–Trinajstić information content (AvgIpc) is 3.30. The average molecular weight is 493 g/mol. The van der Waals surface area contributed by atoms with E-state index in [1.807, 2.05) is 6.92 Å². The summed E-state index contributed by atoms with van der Waals surface area (Å²) in [6, 6.07) is 10.2. The molecule has 0 saturated heterocycles. The molecule has 2 aromatic carbocycles. The first kappa shape index (κ1) is 23.2. The standard InChI is InChI=1S/C23H19F3N2O3S2/c1-12-17(33-20(27-12)13-4-6-14(7-5-13)23(24,25)26)11-19-28-16-9-8-15(10-18(16)32-19)31-22(2,3)21(29)30/h4-10H,11H2,1-3H3,(H,29,30). The minimum Gasteiger partial charge on any atom is -0.478 e. The maximum Gasteiger partial charge on any atom is 0.416 e. The number of hydrogen-bond acceptors (Lipinski definition) is 6. The first-order valence-electron chi connectivity index (χ1n) is 9.88. The zero-order chi connectivity index (χ0) is 24.0. The first-order valence-corrected chi connectivity index (χ1v) is 11.5. The number of carbonyl (C=O) groups is 1. The summed E-state index contributed by atoms with van der Waals surface area (Å²) in [6.07, 6.45) is -3.83. The van der Waals surface area contributed by atoms with Gasteiger partial charge in [0, 0.05) is 16.9 Å². The fourth-order valence-corrected chi connectivity index (χ4v) is 5.26. The van der Waals surface area contributed by atoms with Crippen LogP contribution in [0, 0.1) is 6.92 Å². The van der Waals surface area contributed by atoms with E-state index in [-0.39, 0.29) is 0 Å². The Bertz CT molecular complexity index is 1330. The van der Waals surface area contributed by atoms with E-state index in [1.165, 1.54) is 48.7 Å². The Hall–Kier alpha value is -2.98. The van der Waals surface area contributed by atoms with Crippen LogP contribution in [0.2, 0.25) is 0 Å². The Morgan fingerprint density at radius 3 is 2.39 bits per heavy atom. The number of fused-ring (bicyclic) bond motifs is 1. The number of alkyl halides is 3. The molecule has 2 heterocycles. The van der Waals surface area contributed by atoms with E-state index < -0.39 is 23.3 Å². The molecule has 0 aliphatic carbocycles. The van der Waals surface area contributed by atoms with E-state index in [9.17, 15) is 23.1 Å². The minimum atomic E-state index is -4.37. The van der Waals surface area contributed by atoms with Gasteiger partial charge < -0.3 is 9.84 Å². The van der Waals surface area contributed by atoms with Gasteiger partial charge >= 0.3 is 12.1 Å². The number of carboxylic acids is 1. The molecule has 33 heavy (non-hydrogen) atoms. The minimum absolute atomic E-state index is 0.448. The van der Waals surface area contributed by atoms with Crippen molar-refractivity contribution in [3.63, 3.8) is 0 Å². The summed E-state index contributed by atoms with van der Waals surface area (Å²) >= 11 is 2.90. The van der Waals surface area contributed by atoms with Gasteiger partial charge in [-0.25, -0.2) is 14.8 Å². The van der Waals surface area contributed by atoms with Crippen LogP contribution < -0.4 is 4.74 Å². The number of aliphatic carboxylic acids is 1. The summed E-state index contributed by atoms with van der Waals surface area (Å²) in [6.45, 7) is 4.84. The van der Waals surface area contributed by atoms with Gasteiger partial charge in [-0.3, -0.25) is 0 Å². The molecule has 4 rings (SSSR count). The van der Waals surface area contributed by atoms with E-state index in [4.69, 9.17) is 4.74 Å². The largest absolute Gasteiger partial charge is 0.478 e. The highest BCUT2D eigenvalue weighted by Crippen LogP contribution is 2.35. The first-order chi connectivity index (χ1) is 15.4. The lowest BCUT2D eigenvalue weighted by atomic mass is 10.1. The molecule has 1 N–H and O–H groups in total. The molecular formula is C23H19F3N2O3S2. The Labute approximate surface area is 195 Å². The summed E-state index contributed by atoms with van der Waals surface area (Å²) in [7, 11) is 0. The Morgan fingerprint density at radius 2 is 1.76 bits per heavy atom. The van der Waals surface area contributed by atoms with Crippen molar-refractivity contribution in [2.24, 2.45) is 0 Å². The van der Waals surface area contributed by atoms with Crippen molar-refractivity contribution >= 4 is 38.9 Å².